The Kier molecular flexibility index (Phi) is 6.78. The van der Waals surface area contributed by atoms with Gasteiger partial charge in [-0.1, -0.05) is 72.8 Å². The largest absolute Gasteiger partial charge is 0.493 e. The van der Waals surface area contributed by atoms with Crippen LogP contribution in [0.4, 0.5) is 0 Å². The number of rotatable bonds is 8. The van der Waals surface area contributed by atoms with Crippen LogP contribution in [0, 0.1) is 0 Å². The second-order valence-electron chi connectivity index (χ2n) is 8.46. The number of hydrogen-bond acceptors (Lipinski definition) is 4. The van der Waals surface area contributed by atoms with Gasteiger partial charge in [0.15, 0.2) is 11.5 Å². The van der Waals surface area contributed by atoms with Gasteiger partial charge in [0.1, 0.15) is 19.0 Å². The predicted octanol–water partition coefficient (Wildman–Crippen LogP) is 6.09. The van der Waals surface area contributed by atoms with Crippen molar-refractivity contribution in [3.8, 4) is 17.2 Å². The third-order valence-electron chi connectivity index (χ3n) is 6.17. The monoisotopic (exact) mass is 451 g/mol. The van der Waals surface area contributed by atoms with Crippen molar-refractivity contribution in [2.75, 3.05) is 13.7 Å². The Morgan fingerprint density at radius 1 is 0.735 bits per heavy atom. The van der Waals surface area contributed by atoms with E-state index in [0.29, 0.717) is 13.2 Å². The SMILES string of the molecule is COc1cc(C2NCCc3cc(OCc4ccccc4)ccc32)ccc1OCc1ccccc1. The molecule has 1 heterocycles. The van der Waals surface area contributed by atoms with E-state index in [9.17, 15) is 0 Å². The molecule has 1 unspecified atom stereocenters. The summed E-state index contributed by atoms with van der Waals surface area (Å²) in [7, 11) is 1.69. The highest BCUT2D eigenvalue weighted by Gasteiger charge is 2.23. The smallest absolute Gasteiger partial charge is 0.161 e. The normalized spacial score (nSPS) is 14.8. The van der Waals surface area contributed by atoms with Gasteiger partial charge >= 0.3 is 0 Å². The number of nitrogens with one attached hydrogen (secondary N) is 1. The van der Waals surface area contributed by atoms with Gasteiger partial charge < -0.3 is 19.5 Å². The maximum Gasteiger partial charge on any atom is 0.161 e. The highest BCUT2D eigenvalue weighted by molar-refractivity contribution is 5.49. The molecule has 0 saturated heterocycles. The quantitative estimate of drug-likeness (QED) is 0.352. The summed E-state index contributed by atoms with van der Waals surface area (Å²) in [6.45, 7) is 1.99. The van der Waals surface area contributed by atoms with E-state index in [4.69, 9.17) is 14.2 Å². The molecule has 1 aliphatic rings. The van der Waals surface area contributed by atoms with Crippen molar-refractivity contribution in [1.29, 1.82) is 0 Å². The Balaban J connectivity index is 1.32. The molecule has 0 amide bonds. The third-order valence-corrected chi connectivity index (χ3v) is 6.17. The standard InChI is InChI=1S/C30H29NO3/c1-32-29-19-25(12-15-28(29)34-21-23-10-6-3-7-11-23)30-27-14-13-26(18-24(27)16-17-31-30)33-20-22-8-4-2-5-9-22/h2-15,18-19,30-31H,16-17,20-21H2,1H3. The van der Waals surface area contributed by atoms with Crippen molar-refractivity contribution in [3.63, 3.8) is 0 Å². The molecule has 4 heteroatoms. The van der Waals surface area contributed by atoms with E-state index in [-0.39, 0.29) is 6.04 Å². The van der Waals surface area contributed by atoms with Crippen LogP contribution >= 0.6 is 0 Å². The molecule has 0 saturated carbocycles. The molecule has 4 aromatic rings. The van der Waals surface area contributed by atoms with Crippen LogP contribution in [-0.2, 0) is 19.6 Å². The van der Waals surface area contributed by atoms with Crippen molar-refractivity contribution in [3.05, 3.63) is 125 Å². The van der Waals surface area contributed by atoms with Gasteiger partial charge in [0.2, 0.25) is 0 Å². The van der Waals surface area contributed by atoms with Gasteiger partial charge in [0.25, 0.3) is 0 Å². The molecule has 0 spiro atoms. The minimum atomic E-state index is 0.101. The topological polar surface area (TPSA) is 39.7 Å². The first-order valence-electron chi connectivity index (χ1n) is 11.7. The number of benzene rings is 4. The number of ether oxygens (including phenoxy) is 3. The molecule has 4 aromatic carbocycles. The van der Waals surface area contributed by atoms with E-state index < -0.39 is 0 Å². The summed E-state index contributed by atoms with van der Waals surface area (Å²) in [6.07, 6.45) is 0.976. The summed E-state index contributed by atoms with van der Waals surface area (Å²) in [5.41, 5.74) is 6.04. The molecule has 5 rings (SSSR count). The number of fused-ring (bicyclic) bond motifs is 1. The lowest BCUT2D eigenvalue weighted by Gasteiger charge is -2.28. The summed E-state index contributed by atoms with van der Waals surface area (Å²) in [5.74, 6) is 2.39. The zero-order valence-corrected chi connectivity index (χ0v) is 19.4. The molecule has 0 aliphatic carbocycles. The van der Waals surface area contributed by atoms with Gasteiger partial charge in [0.05, 0.1) is 13.2 Å². The van der Waals surface area contributed by atoms with E-state index in [1.165, 1.54) is 16.7 Å². The molecule has 0 fully saturated rings. The van der Waals surface area contributed by atoms with Crippen LogP contribution < -0.4 is 19.5 Å². The molecule has 0 aromatic heterocycles. The van der Waals surface area contributed by atoms with E-state index in [1.807, 2.05) is 42.5 Å². The zero-order valence-electron chi connectivity index (χ0n) is 19.4. The summed E-state index contributed by atoms with van der Waals surface area (Å²) >= 11 is 0. The van der Waals surface area contributed by atoms with Gasteiger partial charge in [-0.15, -0.1) is 0 Å². The van der Waals surface area contributed by atoms with Gasteiger partial charge in [-0.3, -0.25) is 0 Å². The van der Waals surface area contributed by atoms with Crippen molar-refractivity contribution in [2.24, 2.45) is 0 Å². The average Bonchev–Trinajstić information content (AvgIpc) is 2.91. The predicted molar refractivity (Wildman–Crippen MR) is 135 cm³/mol. The third kappa shape index (κ3) is 5.08. The lowest BCUT2D eigenvalue weighted by atomic mass is 9.89. The van der Waals surface area contributed by atoms with E-state index in [2.05, 4.69) is 59.9 Å². The van der Waals surface area contributed by atoms with E-state index in [1.54, 1.807) is 7.11 Å². The van der Waals surface area contributed by atoms with Crippen LogP contribution in [0.25, 0.3) is 0 Å². The first-order chi connectivity index (χ1) is 16.8. The fraction of sp³-hybridized carbons (Fsp3) is 0.200. The highest BCUT2D eigenvalue weighted by atomic mass is 16.5. The van der Waals surface area contributed by atoms with Crippen LogP contribution in [0.3, 0.4) is 0 Å². The Morgan fingerprint density at radius 3 is 2.15 bits per heavy atom. The summed E-state index contributed by atoms with van der Waals surface area (Å²) < 4.78 is 17.8. The van der Waals surface area contributed by atoms with Crippen LogP contribution in [0.15, 0.2) is 97.1 Å². The molecule has 0 bridgehead atoms. The number of hydrogen-bond donors (Lipinski definition) is 1. The zero-order chi connectivity index (χ0) is 23.2. The van der Waals surface area contributed by atoms with Gasteiger partial charge in [-0.05, 0) is 58.5 Å². The van der Waals surface area contributed by atoms with Gasteiger partial charge in [-0.2, -0.15) is 0 Å². The second-order valence-corrected chi connectivity index (χ2v) is 8.46. The van der Waals surface area contributed by atoms with Crippen LogP contribution in [-0.4, -0.2) is 13.7 Å². The van der Waals surface area contributed by atoms with Gasteiger partial charge in [-0.25, -0.2) is 0 Å². The Labute approximate surface area is 201 Å². The fourth-order valence-electron chi connectivity index (χ4n) is 4.39. The number of methoxy groups -OCH3 is 1. The average molecular weight is 452 g/mol. The van der Waals surface area contributed by atoms with Crippen LogP contribution in [0.1, 0.15) is 33.9 Å². The highest BCUT2D eigenvalue weighted by Crippen LogP contribution is 2.36. The summed E-state index contributed by atoms with van der Waals surface area (Å²) in [5, 5.41) is 3.66. The maximum absolute atomic E-state index is 6.06. The lowest BCUT2D eigenvalue weighted by Crippen LogP contribution is -2.30. The maximum atomic E-state index is 6.06. The van der Waals surface area contributed by atoms with Crippen molar-refractivity contribution in [1.82, 2.24) is 5.32 Å². The van der Waals surface area contributed by atoms with Crippen LogP contribution in [0.5, 0.6) is 17.2 Å². The Bertz CT molecular complexity index is 1220. The van der Waals surface area contributed by atoms with Crippen molar-refractivity contribution in [2.45, 2.75) is 25.7 Å². The molecule has 4 nitrogen and oxygen atoms in total. The molecule has 34 heavy (non-hydrogen) atoms. The minimum absolute atomic E-state index is 0.101. The molecule has 1 atom stereocenters. The molecule has 1 aliphatic heterocycles. The molecule has 0 radical (unpaired) electrons. The van der Waals surface area contributed by atoms with E-state index >= 15 is 0 Å². The molecule has 1 N–H and O–H groups in total. The lowest BCUT2D eigenvalue weighted by molar-refractivity contribution is 0.284. The summed E-state index contributed by atoms with van der Waals surface area (Å²) in [4.78, 5) is 0. The molecular formula is C30H29NO3. The summed E-state index contributed by atoms with van der Waals surface area (Å²) in [6, 6.07) is 33.1. The second kappa shape index (κ2) is 10.4. The minimum Gasteiger partial charge on any atom is -0.493 e. The molecular weight excluding hydrogens is 422 g/mol. The van der Waals surface area contributed by atoms with Gasteiger partial charge in [0, 0.05) is 6.54 Å². The fourth-order valence-corrected chi connectivity index (χ4v) is 4.39. The Hall–Kier alpha value is -3.76. The first kappa shape index (κ1) is 22.1. The first-order valence-corrected chi connectivity index (χ1v) is 11.7. The van der Waals surface area contributed by atoms with E-state index in [0.717, 1.165) is 41.3 Å². The molecule has 172 valence electrons. The van der Waals surface area contributed by atoms with Crippen molar-refractivity contribution < 1.29 is 14.2 Å². The van der Waals surface area contributed by atoms with Crippen LogP contribution in [0.2, 0.25) is 0 Å². The Morgan fingerprint density at radius 2 is 1.44 bits per heavy atom. The van der Waals surface area contributed by atoms with Crippen molar-refractivity contribution >= 4 is 0 Å².